The van der Waals surface area contributed by atoms with Gasteiger partial charge in [0.2, 0.25) is 5.91 Å². The Morgan fingerprint density at radius 1 is 0.686 bits per heavy atom. The summed E-state index contributed by atoms with van der Waals surface area (Å²) in [5.74, 6) is 0.256. The van der Waals surface area contributed by atoms with Gasteiger partial charge in [0, 0.05) is 17.8 Å². The van der Waals surface area contributed by atoms with E-state index in [4.69, 9.17) is 4.74 Å². The number of hydrogen-bond acceptors (Lipinski definition) is 4. The van der Waals surface area contributed by atoms with Gasteiger partial charge >= 0.3 is 0 Å². The summed E-state index contributed by atoms with van der Waals surface area (Å²) in [7, 11) is 0. The Morgan fingerprint density at radius 3 is 2.03 bits per heavy atom. The van der Waals surface area contributed by atoms with Gasteiger partial charge in [0.05, 0.1) is 12.2 Å². The summed E-state index contributed by atoms with van der Waals surface area (Å²) in [5.41, 5.74) is 4.00. The topological polar surface area (TPSA) is 79.5 Å². The Balaban J connectivity index is 1.25. The van der Waals surface area contributed by atoms with E-state index in [9.17, 15) is 9.59 Å². The first-order valence-electron chi connectivity index (χ1n) is 11.4. The van der Waals surface area contributed by atoms with E-state index in [2.05, 4.69) is 16.0 Å². The molecule has 6 nitrogen and oxygen atoms in total. The van der Waals surface area contributed by atoms with Crippen LogP contribution in [-0.2, 0) is 17.9 Å². The van der Waals surface area contributed by atoms with Gasteiger partial charge in [0.25, 0.3) is 5.91 Å². The molecule has 0 saturated carbocycles. The Labute approximate surface area is 205 Å². The van der Waals surface area contributed by atoms with Gasteiger partial charge in [0.1, 0.15) is 12.4 Å². The zero-order valence-corrected chi connectivity index (χ0v) is 19.2. The second-order valence-corrected chi connectivity index (χ2v) is 7.92. The lowest BCUT2D eigenvalue weighted by Crippen LogP contribution is -2.23. The molecule has 4 aromatic rings. The predicted molar refractivity (Wildman–Crippen MR) is 138 cm³/mol. The van der Waals surface area contributed by atoms with Crippen LogP contribution in [0.4, 0.5) is 11.4 Å². The van der Waals surface area contributed by atoms with Crippen molar-refractivity contribution in [3.05, 3.63) is 126 Å². The van der Waals surface area contributed by atoms with Gasteiger partial charge in [-0.05, 0) is 47.5 Å². The molecule has 0 bridgehead atoms. The van der Waals surface area contributed by atoms with Gasteiger partial charge in [-0.25, -0.2) is 0 Å². The number of carbonyl (C=O) groups is 2. The molecule has 6 heteroatoms. The molecule has 0 aromatic heterocycles. The molecular weight excluding hydrogens is 438 g/mol. The maximum absolute atomic E-state index is 12.5. The van der Waals surface area contributed by atoms with Crippen molar-refractivity contribution in [1.29, 1.82) is 0 Å². The minimum absolute atomic E-state index is 0.0760. The van der Waals surface area contributed by atoms with Gasteiger partial charge in [0.15, 0.2) is 0 Å². The third-order valence-corrected chi connectivity index (χ3v) is 5.29. The first-order valence-corrected chi connectivity index (χ1v) is 11.4. The molecule has 0 heterocycles. The monoisotopic (exact) mass is 465 g/mol. The number of amides is 2. The van der Waals surface area contributed by atoms with Crippen molar-refractivity contribution in [1.82, 2.24) is 5.32 Å². The number of ether oxygens (including phenoxy) is 1. The van der Waals surface area contributed by atoms with E-state index in [1.165, 1.54) is 0 Å². The van der Waals surface area contributed by atoms with Crippen molar-refractivity contribution < 1.29 is 14.3 Å². The molecule has 0 atom stereocenters. The number of para-hydroxylation sites is 2. The maximum atomic E-state index is 12.5. The van der Waals surface area contributed by atoms with E-state index >= 15 is 0 Å². The van der Waals surface area contributed by atoms with Gasteiger partial charge < -0.3 is 20.7 Å². The van der Waals surface area contributed by atoms with Gasteiger partial charge in [-0.1, -0.05) is 72.8 Å². The molecule has 4 rings (SSSR count). The fraction of sp³-hybridized carbons (Fsp3) is 0.103. The van der Waals surface area contributed by atoms with Crippen LogP contribution in [0.3, 0.4) is 0 Å². The molecule has 0 aliphatic carbocycles. The number of anilines is 2. The molecule has 0 unspecified atom stereocenters. The summed E-state index contributed by atoms with van der Waals surface area (Å²) in [6.07, 6.45) is 0. The third-order valence-electron chi connectivity index (χ3n) is 5.29. The Bertz CT molecular complexity index is 1240. The maximum Gasteiger partial charge on any atom is 0.251 e. The van der Waals surface area contributed by atoms with E-state index in [1.54, 1.807) is 30.3 Å². The summed E-state index contributed by atoms with van der Waals surface area (Å²) in [6.45, 7) is 0.959. The SMILES string of the molecule is O=C(CNc1ccc(C(=O)NCc2ccccc2)cc1)Nc1ccccc1OCc1ccccc1. The summed E-state index contributed by atoms with van der Waals surface area (Å²) < 4.78 is 5.90. The predicted octanol–water partition coefficient (Wildman–Crippen LogP) is 5.25. The Morgan fingerprint density at radius 2 is 1.31 bits per heavy atom. The Hall–Kier alpha value is -4.58. The first kappa shape index (κ1) is 23.6. The smallest absolute Gasteiger partial charge is 0.251 e. The molecular formula is C29H27N3O3. The Kier molecular flexibility index (Phi) is 8.11. The minimum atomic E-state index is -0.203. The quantitative estimate of drug-likeness (QED) is 0.299. The lowest BCUT2D eigenvalue weighted by Gasteiger charge is -2.13. The van der Waals surface area contributed by atoms with Crippen LogP contribution in [-0.4, -0.2) is 18.4 Å². The highest BCUT2D eigenvalue weighted by Crippen LogP contribution is 2.24. The molecule has 0 fully saturated rings. The van der Waals surface area contributed by atoms with Crippen LogP contribution < -0.4 is 20.7 Å². The molecule has 0 aliphatic rings. The molecule has 0 radical (unpaired) electrons. The fourth-order valence-corrected chi connectivity index (χ4v) is 3.43. The molecule has 0 spiro atoms. The number of benzene rings is 4. The van der Waals surface area contributed by atoms with E-state index in [0.717, 1.165) is 16.8 Å². The molecule has 0 saturated heterocycles. The largest absolute Gasteiger partial charge is 0.487 e. The van der Waals surface area contributed by atoms with Crippen LogP contribution in [0.2, 0.25) is 0 Å². The normalized spacial score (nSPS) is 10.3. The van der Waals surface area contributed by atoms with Crippen LogP contribution in [0.5, 0.6) is 5.75 Å². The number of hydrogen-bond donors (Lipinski definition) is 3. The van der Waals surface area contributed by atoms with Crippen molar-refractivity contribution in [3.8, 4) is 5.75 Å². The second kappa shape index (κ2) is 12.0. The van der Waals surface area contributed by atoms with Crippen molar-refractivity contribution in [3.63, 3.8) is 0 Å². The number of carbonyl (C=O) groups excluding carboxylic acids is 2. The number of nitrogens with one attached hydrogen (secondary N) is 3. The number of rotatable bonds is 10. The molecule has 35 heavy (non-hydrogen) atoms. The fourth-order valence-electron chi connectivity index (χ4n) is 3.43. The second-order valence-electron chi connectivity index (χ2n) is 7.92. The first-order chi connectivity index (χ1) is 17.2. The molecule has 3 N–H and O–H groups in total. The molecule has 0 aliphatic heterocycles. The highest BCUT2D eigenvalue weighted by Gasteiger charge is 2.09. The molecule has 176 valence electrons. The van der Waals surface area contributed by atoms with Crippen molar-refractivity contribution in [2.75, 3.05) is 17.2 Å². The van der Waals surface area contributed by atoms with Crippen molar-refractivity contribution in [2.45, 2.75) is 13.2 Å². The lowest BCUT2D eigenvalue weighted by molar-refractivity contribution is -0.114. The van der Waals surface area contributed by atoms with Gasteiger partial charge in [-0.15, -0.1) is 0 Å². The summed E-state index contributed by atoms with van der Waals surface area (Å²) in [6, 6.07) is 34.0. The summed E-state index contributed by atoms with van der Waals surface area (Å²) >= 11 is 0. The highest BCUT2D eigenvalue weighted by molar-refractivity contribution is 5.96. The molecule has 2 amide bonds. The van der Waals surface area contributed by atoms with Crippen LogP contribution in [0, 0.1) is 0 Å². The van der Waals surface area contributed by atoms with E-state index in [-0.39, 0.29) is 18.4 Å². The van der Waals surface area contributed by atoms with Crippen LogP contribution in [0.1, 0.15) is 21.5 Å². The highest BCUT2D eigenvalue weighted by atomic mass is 16.5. The van der Waals surface area contributed by atoms with Crippen molar-refractivity contribution in [2.24, 2.45) is 0 Å². The van der Waals surface area contributed by atoms with Crippen LogP contribution in [0.15, 0.2) is 109 Å². The standard InChI is InChI=1S/C29H27N3O3/c33-28(32-26-13-7-8-14-27(26)35-21-23-11-5-2-6-12-23)20-30-25-17-15-24(16-18-25)29(34)31-19-22-9-3-1-4-10-22/h1-18,30H,19-21H2,(H,31,34)(H,32,33). The zero-order valence-electron chi connectivity index (χ0n) is 19.2. The lowest BCUT2D eigenvalue weighted by atomic mass is 10.1. The average Bonchev–Trinajstić information content (AvgIpc) is 2.91. The summed E-state index contributed by atoms with van der Waals surface area (Å²) in [5, 5.41) is 8.87. The van der Waals surface area contributed by atoms with E-state index in [0.29, 0.717) is 30.2 Å². The van der Waals surface area contributed by atoms with Gasteiger partial charge in [-0.2, -0.15) is 0 Å². The minimum Gasteiger partial charge on any atom is -0.487 e. The van der Waals surface area contributed by atoms with E-state index in [1.807, 2.05) is 78.9 Å². The van der Waals surface area contributed by atoms with Crippen molar-refractivity contribution >= 4 is 23.2 Å². The molecule has 4 aromatic carbocycles. The third kappa shape index (κ3) is 7.20. The summed E-state index contributed by atoms with van der Waals surface area (Å²) in [4.78, 5) is 24.9. The van der Waals surface area contributed by atoms with E-state index < -0.39 is 0 Å². The van der Waals surface area contributed by atoms with Gasteiger partial charge in [-0.3, -0.25) is 9.59 Å². The van der Waals surface area contributed by atoms with Crippen LogP contribution >= 0.6 is 0 Å². The zero-order chi connectivity index (χ0) is 24.3. The van der Waals surface area contributed by atoms with Crippen LogP contribution in [0.25, 0.3) is 0 Å². The average molecular weight is 466 g/mol.